The maximum atomic E-state index is 5.19. The van der Waals surface area contributed by atoms with Crippen LogP contribution in [0.25, 0.3) is 0 Å². The van der Waals surface area contributed by atoms with E-state index in [1.54, 1.807) is 7.11 Å². The van der Waals surface area contributed by atoms with Crippen molar-refractivity contribution in [3.8, 4) is 5.75 Å². The van der Waals surface area contributed by atoms with Gasteiger partial charge in [-0.15, -0.1) is 0 Å². The van der Waals surface area contributed by atoms with E-state index in [0.717, 1.165) is 18.2 Å². The third-order valence-corrected chi connectivity index (χ3v) is 3.90. The lowest BCUT2D eigenvalue weighted by Gasteiger charge is -2.16. The SMILES string of the molecule is CCCC[C@H]1CCN(Cc2ccc(OC)cc2)C1. The predicted molar refractivity (Wildman–Crippen MR) is 75.9 cm³/mol. The van der Waals surface area contributed by atoms with Gasteiger partial charge in [0, 0.05) is 13.1 Å². The van der Waals surface area contributed by atoms with Crippen molar-refractivity contribution >= 4 is 0 Å². The molecule has 2 rings (SSSR count). The van der Waals surface area contributed by atoms with Gasteiger partial charge in [-0.3, -0.25) is 4.90 Å². The van der Waals surface area contributed by atoms with Crippen LogP contribution in [0.1, 0.15) is 38.2 Å². The summed E-state index contributed by atoms with van der Waals surface area (Å²) in [6.07, 6.45) is 5.52. The minimum absolute atomic E-state index is 0.934. The van der Waals surface area contributed by atoms with Gasteiger partial charge in [-0.2, -0.15) is 0 Å². The number of rotatable bonds is 6. The van der Waals surface area contributed by atoms with E-state index in [4.69, 9.17) is 4.74 Å². The minimum atomic E-state index is 0.934. The highest BCUT2D eigenvalue weighted by atomic mass is 16.5. The summed E-state index contributed by atoms with van der Waals surface area (Å²) in [6, 6.07) is 8.47. The molecule has 1 heterocycles. The molecule has 0 spiro atoms. The zero-order valence-electron chi connectivity index (χ0n) is 11.7. The molecule has 0 aromatic heterocycles. The number of unbranched alkanes of at least 4 members (excludes halogenated alkanes) is 1. The predicted octanol–water partition coefficient (Wildman–Crippen LogP) is 3.71. The number of hydrogen-bond donors (Lipinski definition) is 0. The van der Waals surface area contributed by atoms with E-state index in [-0.39, 0.29) is 0 Å². The molecule has 1 aliphatic heterocycles. The Bertz CT molecular complexity index is 347. The zero-order valence-corrected chi connectivity index (χ0v) is 11.7. The molecule has 0 N–H and O–H groups in total. The van der Waals surface area contributed by atoms with Gasteiger partial charge in [-0.25, -0.2) is 0 Å². The summed E-state index contributed by atoms with van der Waals surface area (Å²) in [5, 5.41) is 0. The summed E-state index contributed by atoms with van der Waals surface area (Å²) in [5.41, 5.74) is 1.40. The number of nitrogens with zero attached hydrogens (tertiary/aromatic N) is 1. The molecule has 1 aromatic carbocycles. The van der Waals surface area contributed by atoms with E-state index < -0.39 is 0 Å². The number of benzene rings is 1. The van der Waals surface area contributed by atoms with Crippen molar-refractivity contribution in [1.82, 2.24) is 4.90 Å². The van der Waals surface area contributed by atoms with Gasteiger partial charge in [-0.1, -0.05) is 31.9 Å². The van der Waals surface area contributed by atoms with Gasteiger partial charge in [0.2, 0.25) is 0 Å². The van der Waals surface area contributed by atoms with Crippen LogP contribution in [0, 0.1) is 5.92 Å². The van der Waals surface area contributed by atoms with Gasteiger partial charge in [-0.05, 0) is 43.0 Å². The standard InChI is InChI=1S/C16H25NO/c1-3-4-5-14-10-11-17(12-14)13-15-6-8-16(18-2)9-7-15/h6-9,14H,3-5,10-13H2,1-2H3/t14-/m0/s1. The summed E-state index contributed by atoms with van der Waals surface area (Å²) in [5.74, 6) is 1.88. The van der Waals surface area contributed by atoms with Crippen LogP contribution in [0.5, 0.6) is 5.75 Å². The average molecular weight is 247 g/mol. The molecule has 1 fully saturated rings. The van der Waals surface area contributed by atoms with Crippen LogP contribution in [-0.4, -0.2) is 25.1 Å². The van der Waals surface area contributed by atoms with E-state index in [2.05, 4.69) is 36.1 Å². The second-order valence-corrected chi connectivity index (χ2v) is 5.38. The van der Waals surface area contributed by atoms with Gasteiger partial charge < -0.3 is 4.74 Å². The fourth-order valence-electron chi connectivity index (χ4n) is 2.77. The lowest BCUT2D eigenvalue weighted by molar-refractivity contribution is 0.311. The highest BCUT2D eigenvalue weighted by molar-refractivity contribution is 5.27. The van der Waals surface area contributed by atoms with E-state index in [1.165, 1.54) is 44.3 Å². The first-order chi connectivity index (χ1) is 8.81. The molecule has 1 atom stereocenters. The number of methoxy groups -OCH3 is 1. The lowest BCUT2D eigenvalue weighted by Crippen LogP contribution is -2.20. The number of ether oxygens (including phenoxy) is 1. The molecule has 1 aromatic rings. The van der Waals surface area contributed by atoms with Crippen LogP contribution < -0.4 is 4.74 Å². The van der Waals surface area contributed by atoms with Crippen molar-refractivity contribution in [2.24, 2.45) is 5.92 Å². The van der Waals surface area contributed by atoms with E-state index >= 15 is 0 Å². The van der Waals surface area contributed by atoms with Crippen LogP contribution in [0.15, 0.2) is 24.3 Å². The molecule has 0 aliphatic carbocycles. The second kappa shape index (κ2) is 6.79. The van der Waals surface area contributed by atoms with E-state index in [0.29, 0.717) is 0 Å². The molecule has 0 amide bonds. The van der Waals surface area contributed by atoms with Crippen LogP contribution >= 0.6 is 0 Å². The van der Waals surface area contributed by atoms with Gasteiger partial charge >= 0.3 is 0 Å². The maximum absolute atomic E-state index is 5.19. The van der Waals surface area contributed by atoms with Crippen LogP contribution in [-0.2, 0) is 6.54 Å². The molecule has 2 heteroatoms. The third-order valence-electron chi connectivity index (χ3n) is 3.90. The Morgan fingerprint density at radius 1 is 1.28 bits per heavy atom. The average Bonchev–Trinajstić information content (AvgIpc) is 2.85. The first kappa shape index (κ1) is 13.4. The summed E-state index contributed by atoms with van der Waals surface area (Å²) in [7, 11) is 1.72. The second-order valence-electron chi connectivity index (χ2n) is 5.38. The summed E-state index contributed by atoms with van der Waals surface area (Å²) in [6.45, 7) is 5.92. The summed E-state index contributed by atoms with van der Waals surface area (Å²) in [4.78, 5) is 2.59. The quantitative estimate of drug-likeness (QED) is 0.760. The topological polar surface area (TPSA) is 12.5 Å². The highest BCUT2D eigenvalue weighted by Gasteiger charge is 2.21. The van der Waals surface area contributed by atoms with Crippen LogP contribution in [0.3, 0.4) is 0 Å². The molecule has 0 saturated carbocycles. The molecule has 1 saturated heterocycles. The van der Waals surface area contributed by atoms with E-state index in [1.807, 2.05) is 0 Å². The zero-order chi connectivity index (χ0) is 12.8. The molecule has 100 valence electrons. The molecule has 1 aliphatic rings. The molecular weight excluding hydrogens is 222 g/mol. The Hall–Kier alpha value is -1.02. The Kier molecular flexibility index (Phi) is 5.06. The van der Waals surface area contributed by atoms with Gasteiger partial charge in [0.25, 0.3) is 0 Å². The molecule has 0 unspecified atom stereocenters. The van der Waals surface area contributed by atoms with Crippen molar-refractivity contribution in [3.63, 3.8) is 0 Å². The van der Waals surface area contributed by atoms with Crippen molar-refractivity contribution in [2.45, 2.75) is 39.2 Å². The van der Waals surface area contributed by atoms with Gasteiger partial charge in [0.15, 0.2) is 0 Å². The van der Waals surface area contributed by atoms with Gasteiger partial charge in [0.1, 0.15) is 5.75 Å². The molecule has 0 radical (unpaired) electrons. The Labute approximate surface area is 111 Å². The minimum Gasteiger partial charge on any atom is -0.497 e. The van der Waals surface area contributed by atoms with Crippen LogP contribution in [0.4, 0.5) is 0 Å². The van der Waals surface area contributed by atoms with E-state index in [9.17, 15) is 0 Å². The first-order valence-corrected chi connectivity index (χ1v) is 7.17. The number of likely N-dealkylation sites (tertiary alicyclic amines) is 1. The normalized spacial score (nSPS) is 20.2. The Morgan fingerprint density at radius 3 is 2.72 bits per heavy atom. The fraction of sp³-hybridized carbons (Fsp3) is 0.625. The first-order valence-electron chi connectivity index (χ1n) is 7.17. The number of hydrogen-bond acceptors (Lipinski definition) is 2. The monoisotopic (exact) mass is 247 g/mol. The molecular formula is C16H25NO. The maximum Gasteiger partial charge on any atom is 0.118 e. The Balaban J connectivity index is 1.79. The van der Waals surface area contributed by atoms with Gasteiger partial charge in [0.05, 0.1) is 7.11 Å². The summed E-state index contributed by atoms with van der Waals surface area (Å²) < 4.78 is 5.19. The fourth-order valence-corrected chi connectivity index (χ4v) is 2.77. The molecule has 18 heavy (non-hydrogen) atoms. The van der Waals surface area contributed by atoms with Crippen molar-refractivity contribution in [1.29, 1.82) is 0 Å². The van der Waals surface area contributed by atoms with Crippen molar-refractivity contribution in [3.05, 3.63) is 29.8 Å². The lowest BCUT2D eigenvalue weighted by atomic mass is 10.0. The third kappa shape index (κ3) is 3.74. The smallest absolute Gasteiger partial charge is 0.118 e. The largest absolute Gasteiger partial charge is 0.497 e. The van der Waals surface area contributed by atoms with Crippen molar-refractivity contribution < 1.29 is 4.74 Å². The van der Waals surface area contributed by atoms with Crippen LogP contribution in [0.2, 0.25) is 0 Å². The molecule has 0 bridgehead atoms. The highest BCUT2D eigenvalue weighted by Crippen LogP contribution is 2.23. The van der Waals surface area contributed by atoms with Crippen molar-refractivity contribution in [2.75, 3.05) is 20.2 Å². The summed E-state index contributed by atoms with van der Waals surface area (Å²) >= 11 is 0. The molecule has 2 nitrogen and oxygen atoms in total. The Morgan fingerprint density at radius 2 is 2.06 bits per heavy atom.